The average Bonchev–Trinajstić information content (AvgIpc) is 2.52. The van der Waals surface area contributed by atoms with E-state index in [2.05, 4.69) is 5.32 Å². The van der Waals surface area contributed by atoms with Crippen LogP contribution in [0.2, 0.25) is 0 Å². The standard InChI is InChI=1S/C15H19NO5S/c1-3-19-14(17)9-22-10(2)15(18)16-11-4-5-12-13(8-11)21-7-6-20-12/h4-5,8,10H,3,6-7,9H2,1-2H3,(H,16,18). The van der Waals surface area contributed by atoms with Crippen LogP contribution in [0.1, 0.15) is 13.8 Å². The van der Waals surface area contributed by atoms with Crippen molar-refractivity contribution in [1.82, 2.24) is 0 Å². The summed E-state index contributed by atoms with van der Waals surface area (Å²) in [6.45, 7) is 4.87. The third kappa shape index (κ3) is 4.56. The summed E-state index contributed by atoms with van der Waals surface area (Å²) < 4.78 is 15.7. The third-order valence-corrected chi connectivity index (χ3v) is 4.05. The van der Waals surface area contributed by atoms with Crippen molar-refractivity contribution in [2.24, 2.45) is 0 Å². The van der Waals surface area contributed by atoms with Crippen LogP contribution in [0.3, 0.4) is 0 Å². The van der Waals surface area contributed by atoms with E-state index >= 15 is 0 Å². The molecule has 1 aliphatic rings. The normalized spacial score (nSPS) is 14.1. The van der Waals surface area contributed by atoms with Gasteiger partial charge in [0, 0.05) is 11.8 Å². The summed E-state index contributed by atoms with van der Waals surface area (Å²) in [4.78, 5) is 23.4. The van der Waals surface area contributed by atoms with Crippen molar-refractivity contribution in [1.29, 1.82) is 0 Å². The number of hydrogen-bond donors (Lipinski definition) is 1. The highest BCUT2D eigenvalue weighted by molar-refractivity contribution is 8.01. The topological polar surface area (TPSA) is 73.9 Å². The van der Waals surface area contributed by atoms with Crippen LogP contribution in [0.15, 0.2) is 18.2 Å². The van der Waals surface area contributed by atoms with E-state index in [1.165, 1.54) is 11.8 Å². The van der Waals surface area contributed by atoms with Crippen LogP contribution in [-0.4, -0.2) is 42.7 Å². The van der Waals surface area contributed by atoms with Gasteiger partial charge in [-0.1, -0.05) is 0 Å². The Bertz CT molecular complexity index is 549. The van der Waals surface area contributed by atoms with E-state index in [1.807, 2.05) is 0 Å². The first kappa shape index (κ1) is 16.5. The fourth-order valence-electron chi connectivity index (χ4n) is 1.84. The van der Waals surface area contributed by atoms with Gasteiger partial charge in [-0.3, -0.25) is 9.59 Å². The largest absolute Gasteiger partial charge is 0.486 e. The summed E-state index contributed by atoms with van der Waals surface area (Å²) in [6, 6.07) is 5.25. The quantitative estimate of drug-likeness (QED) is 0.807. The van der Waals surface area contributed by atoms with Gasteiger partial charge in [-0.05, 0) is 26.0 Å². The van der Waals surface area contributed by atoms with Gasteiger partial charge in [0.15, 0.2) is 11.5 Å². The Labute approximate surface area is 133 Å². The number of carbonyl (C=O) groups is 2. The first-order chi connectivity index (χ1) is 10.6. The number of fused-ring (bicyclic) bond motifs is 1. The predicted molar refractivity (Wildman–Crippen MR) is 84.6 cm³/mol. The highest BCUT2D eigenvalue weighted by atomic mass is 32.2. The molecule has 1 atom stereocenters. The molecule has 0 radical (unpaired) electrons. The molecule has 120 valence electrons. The van der Waals surface area contributed by atoms with Gasteiger partial charge in [-0.15, -0.1) is 11.8 Å². The molecule has 1 amide bonds. The molecule has 1 aromatic rings. The molecule has 1 aromatic carbocycles. The van der Waals surface area contributed by atoms with Gasteiger partial charge in [0.2, 0.25) is 5.91 Å². The zero-order chi connectivity index (χ0) is 15.9. The van der Waals surface area contributed by atoms with Crippen molar-refractivity contribution in [2.45, 2.75) is 19.1 Å². The number of benzene rings is 1. The number of rotatable bonds is 6. The van der Waals surface area contributed by atoms with Crippen LogP contribution in [0.25, 0.3) is 0 Å². The van der Waals surface area contributed by atoms with Gasteiger partial charge in [-0.2, -0.15) is 0 Å². The average molecular weight is 325 g/mol. The van der Waals surface area contributed by atoms with Crippen LogP contribution < -0.4 is 14.8 Å². The zero-order valence-electron chi connectivity index (χ0n) is 12.6. The summed E-state index contributed by atoms with van der Waals surface area (Å²) in [5.74, 6) is 0.964. The molecule has 7 heteroatoms. The molecule has 1 N–H and O–H groups in total. The molecule has 2 rings (SSSR count). The van der Waals surface area contributed by atoms with E-state index < -0.39 is 0 Å². The Morgan fingerprint density at radius 3 is 2.77 bits per heavy atom. The summed E-state index contributed by atoms with van der Waals surface area (Å²) in [5, 5.41) is 2.44. The molecule has 0 fully saturated rings. The van der Waals surface area contributed by atoms with E-state index in [-0.39, 0.29) is 22.9 Å². The molecule has 0 aliphatic carbocycles. The van der Waals surface area contributed by atoms with E-state index in [9.17, 15) is 9.59 Å². The summed E-state index contributed by atoms with van der Waals surface area (Å²) in [6.07, 6.45) is 0. The van der Waals surface area contributed by atoms with Crippen molar-refractivity contribution in [3.05, 3.63) is 18.2 Å². The third-order valence-electron chi connectivity index (χ3n) is 2.94. The molecule has 0 bridgehead atoms. The Morgan fingerprint density at radius 1 is 1.32 bits per heavy atom. The number of esters is 1. The van der Waals surface area contributed by atoms with Crippen molar-refractivity contribution < 1.29 is 23.8 Å². The minimum absolute atomic E-state index is 0.156. The van der Waals surface area contributed by atoms with E-state index in [1.54, 1.807) is 32.0 Å². The fourth-order valence-corrected chi connectivity index (χ4v) is 2.52. The first-order valence-corrected chi connectivity index (χ1v) is 8.12. The number of anilines is 1. The van der Waals surface area contributed by atoms with Crippen LogP contribution in [0.4, 0.5) is 5.69 Å². The number of nitrogens with one attached hydrogen (secondary N) is 1. The van der Waals surface area contributed by atoms with Crippen molar-refractivity contribution >= 4 is 29.3 Å². The smallest absolute Gasteiger partial charge is 0.315 e. The van der Waals surface area contributed by atoms with Gasteiger partial charge in [-0.25, -0.2) is 0 Å². The number of hydrogen-bond acceptors (Lipinski definition) is 6. The number of ether oxygens (including phenoxy) is 3. The highest BCUT2D eigenvalue weighted by Crippen LogP contribution is 2.32. The van der Waals surface area contributed by atoms with Crippen LogP contribution >= 0.6 is 11.8 Å². The second-order valence-corrected chi connectivity index (χ2v) is 5.94. The Balaban J connectivity index is 1.87. The second kappa shape index (κ2) is 7.93. The Kier molecular flexibility index (Phi) is 5.94. The molecule has 1 unspecified atom stereocenters. The fraction of sp³-hybridized carbons (Fsp3) is 0.467. The second-order valence-electron chi connectivity index (χ2n) is 4.61. The number of amides is 1. The number of carbonyl (C=O) groups excluding carboxylic acids is 2. The van der Waals surface area contributed by atoms with Gasteiger partial charge in [0.05, 0.1) is 17.6 Å². The number of thioether (sulfide) groups is 1. The lowest BCUT2D eigenvalue weighted by Crippen LogP contribution is -2.24. The van der Waals surface area contributed by atoms with Crippen LogP contribution in [-0.2, 0) is 14.3 Å². The molecule has 0 saturated carbocycles. The molecule has 0 saturated heterocycles. The molecule has 1 aliphatic heterocycles. The van der Waals surface area contributed by atoms with Crippen LogP contribution in [0, 0.1) is 0 Å². The monoisotopic (exact) mass is 325 g/mol. The lowest BCUT2D eigenvalue weighted by atomic mass is 10.2. The van der Waals surface area contributed by atoms with Crippen molar-refractivity contribution in [3.8, 4) is 11.5 Å². The van der Waals surface area contributed by atoms with Crippen LogP contribution in [0.5, 0.6) is 11.5 Å². The lowest BCUT2D eigenvalue weighted by Gasteiger charge is -2.19. The highest BCUT2D eigenvalue weighted by Gasteiger charge is 2.17. The predicted octanol–water partition coefficient (Wildman–Crippen LogP) is 2.08. The van der Waals surface area contributed by atoms with Crippen molar-refractivity contribution in [3.63, 3.8) is 0 Å². The molecule has 22 heavy (non-hydrogen) atoms. The molecule has 1 heterocycles. The minimum Gasteiger partial charge on any atom is -0.486 e. The van der Waals surface area contributed by atoms with Gasteiger partial charge >= 0.3 is 5.97 Å². The summed E-state index contributed by atoms with van der Waals surface area (Å²) >= 11 is 1.24. The van der Waals surface area contributed by atoms with E-state index in [4.69, 9.17) is 14.2 Å². The maximum atomic E-state index is 12.1. The summed E-state index contributed by atoms with van der Waals surface area (Å²) in [7, 11) is 0. The van der Waals surface area contributed by atoms with E-state index in [0.29, 0.717) is 37.0 Å². The van der Waals surface area contributed by atoms with Gasteiger partial charge in [0.1, 0.15) is 13.2 Å². The minimum atomic E-state index is -0.363. The molecule has 0 aromatic heterocycles. The molecule has 0 spiro atoms. The maximum absolute atomic E-state index is 12.1. The lowest BCUT2D eigenvalue weighted by molar-refractivity contribution is -0.139. The van der Waals surface area contributed by atoms with Crippen molar-refractivity contribution in [2.75, 3.05) is 30.9 Å². The first-order valence-electron chi connectivity index (χ1n) is 7.08. The summed E-state index contributed by atoms with van der Waals surface area (Å²) in [5.41, 5.74) is 0.637. The maximum Gasteiger partial charge on any atom is 0.315 e. The Hall–Kier alpha value is -1.89. The SMILES string of the molecule is CCOC(=O)CSC(C)C(=O)Nc1ccc2c(c1)OCCO2. The van der Waals surface area contributed by atoms with Gasteiger partial charge in [0.25, 0.3) is 0 Å². The Morgan fingerprint density at radius 2 is 2.05 bits per heavy atom. The zero-order valence-corrected chi connectivity index (χ0v) is 13.4. The van der Waals surface area contributed by atoms with Gasteiger partial charge < -0.3 is 19.5 Å². The molecule has 6 nitrogen and oxygen atoms in total. The molecular weight excluding hydrogens is 306 g/mol. The molecular formula is C15H19NO5S. The van der Waals surface area contributed by atoms with E-state index in [0.717, 1.165) is 0 Å².